The van der Waals surface area contributed by atoms with Gasteiger partial charge in [0.2, 0.25) is 0 Å². The summed E-state index contributed by atoms with van der Waals surface area (Å²) in [7, 11) is 0. The quantitative estimate of drug-likeness (QED) is 0.667. The summed E-state index contributed by atoms with van der Waals surface area (Å²) < 4.78 is 0. The summed E-state index contributed by atoms with van der Waals surface area (Å²) in [6.07, 6.45) is 16.1. The Morgan fingerprint density at radius 2 is 1.65 bits per heavy atom. The molecule has 0 radical (unpaired) electrons. The van der Waals surface area contributed by atoms with E-state index < -0.39 is 0 Å². The second-order valence-corrected chi connectivity index (χ2v) is 10.2. The minimum atomic E-state index is -0.359. The maximum absolute atomic E-state index is 11.4. The fraction of sp³-hybridized carbons (Fsp3) is 1.00. The topological polar surface area (TPSA) is 20.2 Å². The Balaban J connectivity index is 1.63. The van der Waals surface area contributed by atoms with Crippen LogP contribution in [-0.4, -0.2) is 10.7 Å². The van der Waals surface area contributed by atoms with Gasteiger partial charge in [0.05, 0.1) is 5.60 Å². The molecule has 1 heteroatoms. The Labute approximate surface area is 143 Å². The third-order valence-electron chi connectivity index (χ3n) is 9.57. The molecule has 0 saturated heterocycles. The maximum Gasteiger partial charge on any atom is 0.0703 e. The number of hydrogen-bond acceptors (Lipinski definition) is 1. The van der Waals surface area contributed by atoms with E-state index in [9.17, 15) is 5.11 Å². The van der Waals surface area contributed by atoms with E-state index in [1.165, 1.54) is 57.8 Å². The zero-order valence-electron chi connectivity index (χ0n) is 15.7. The lowest BCUT2D eigenvalue weighted by molar-refractivity contribution is -0.153. The second kappa shape index (κ2) is 5.48. The van der Waals surface area contributed by atoms with E-state index in [0.29, 0.717) is 5.41 Å². The van der Waals surface area contributed by atoms with Crippen molar-refractivity contribution in [2.45, 2.75) is 103 Å². The lowest BCUT2D eigenvalue weighted by atomic mass is 9.44. The van der Waals surface area contributed by atoms with Crippen molar-refractivity contribution in [1.82, 2.24) is 0 Å². The lowest BCUT2D eigenvalue weighted by Gasteiger charge is -2.61. The zero-order chi connectivity index (χ0) is 16.3. The van der Waals surface area contributed by atoms with Gasteiger partial charge in [-0.3, -0.25) is 0 Å². The molecule has 1 N–H and O–H groups in total. The van der Waals surface area contributed by atoms with Crippen molar-refractivity contribution in [2.75, 3.05) is 0 Å². The molecule has 1 nitrogen and oxygen atoms in total. The molecule has 0 aliphatic heterocycles. The Bertz CT molecular complexity index is 459. The molecular weight excluding hydrogens is 280 g/mol. The minimum absolute atomic E-state index is 0.210. The van der Waals surface area contributed by atoms with Crippen molar-refractivity contribution in [3.63, 3.8) is 0 Å². The molecule has 0 spiro atoms. The first-order chi connectivity index (χ1) is 10.9. The van der Waals surface area contributed by atoms with Gasteiger partial charge in [-0.15, -0.1) is 0 Å². The van der Waals surface area contributed by atoms with Gasteiger partial charge in [-0.2, -0.15) is 0 Å². The van der Waals surface area contributed by atoms with E-state index in [2.05, 4.69) is 20.8 Å². The van der Waals surface area contributed by atoms with Gasteiger partial charge in [-0.05, 0) is 92.3 Å². The Kier molecular flexibility index (Phi) is 3.91. The molecule has 0 heterocycles. The molecule has 0 aromatic heterocycles. The summed E-state index contributed by atoms with van der Waals surface area (Å²) in [5.41, 5.74) is 0.484. The standard InChI is InChI=1S/C22H38O/c1-4-12-22(23)15-11-19-17-9-8-16-7-5-6-13-20(16,2)18(17)10-14-21(19,22)3/h16-19,23H,4-15H2,1-3H3/t16-,17+,18-,19-,20-,21-,22-/m0/s1. The fourth-order valence-electron chi connectivity index (χ4n) is 8.23. The van der Waals surface area contributed by atoms with E-state index in [-0.39, 0.29) is 11.0 Å². The van der Waals surface area contributed by atoms with Gasteiger partial charge in [0.1, 0.15) is 0 Å². The molecule has 0 aromatic carbocycles. The number of aliphatic hydroxyl groups is 1. The van der Waals surface area contributed by atoms with Gasteiger partial charge in [-0.25, -0.2) is 0 Å². The Hall–Kier alpha value is -0.0400. The predicted octanol–water partition coefficient (Wildman–Crippen LogP) is 5.95. The molecule has 0 unspecified atom stereocenters. The fourth-order valence-corrected chi connectivity index (χ4v) is 8.23. The highest BCUT2D eigenvalue weighted by Crippen LogP contribution is 2.68. The van der Waals surface area contributed by atoms with Gasteiger partial charge >= 0.3 is 0 Å². The van der Waals surface area contributed by atoms with E-state index in [4.69, 9.17) is 0 Å². The molecular formula is C22H38O. The molecule has 4 aliphatic rings. The SMILES string of the molecule is CCC[C@]1(O)CC[C@H]2[C@@H]3CC[C@@H]4CCCC[C@]4(C)[C@H]3CC[C@@]21C. The first-order valence-corrected chi connectivity index (χ1v) is 10.7. The third-order valence-corrected chi connectivity index (χ3v) is 9.57. The van der Waals surface area contributed by atoms with Crippen molar-refractivity contribution in [2.24, 2.45) is 34.5 Å². The van der Waals surface area contributed by atoms with Crippen molar-refractivity contribution in [1.29, 1.82) is 0 Å². The third kappa shape index (κ3) is 2.14. The highest BCUT2D eigenvalue weighted by molar-refractivity contribution is 5.13. The first kappa shape index (κ1) is 16.4. The first-order valence-electron chi connectivity index (χ1n) is 10.7. The van der Waals surface area contributed by atoms with Crippen LogP contribution in [-0.2, 0) is 0 Å². The van der Waals surface area contributed by atoms with E-state index >= 15 is 0 Å². The van der Waals surface area contributed by atoms with Gasteiger partial charge in [-0.1, -0.05) is 40.0 Å². The van der Waals surface area contributed by atoms with Crippen LogP contribution in [0, 0.1) is 34.5 Å². The molecule has 0 bridgehead atoms. The number of rotatable bonds is 2. The van der Waals surface area contributed by atoms with Crippen LogP contribution in [0.15, 0.2) is 0 Å². The Morgan fingerprint density at radius 3 is 2.43 bits per heavy atom. The van der Waals surface area contributed by atoms with Crippen LogP contribution in [0.25, 0.3) is 0 Å². The van der Waals surface area contributed by atoms with Crippen molar-refractivity contribution in [3.8, 4) is 0 Å². The molecule has 4 saturated carbocycles. The molecule has 23 heavy (non-hydrogen) atoms. The molecule has 0 amide bonds. The monoisotopic (exact) mass is 318 g/mol. The minimum Gasteiger partial charge on any atom is -0.389 e. The zero-order valence-corrected chi connectivity index (χ0v) is 15.7. The summed E-state index contributed by atoms with van der Waals surface area (Å²) in [6, 6.07) is 0. The van der Waals surface area contributed by atoms with Crippen LogP contribution in [0.3, 0.4) is 0 Å². The smallest absolute Gasteiger partial charge is 0.0703 e. The highest BCUT2D eigenvalue weighted by Gasteiger charge is 2.63. The van der Waals surface area contributed by atoms with Crippen molar-refractivity contribution in [3.05, 3.63) is 0 Å². The largest absolute Gasteiger partial charge is 0.389 e. The molecule has 7 atom stereocenters. The van der Waals surface area contributed by atoms with Crippen molar-refractivity contribution >= 4 is 0 Å². The van der Waals surface area contributed by atoms with Crippen LogP contribution >= 0.6 is 0 Å². The molecule has 132 valence electrons. The van der Waals surface area contributed by atoms with Crippen molar-refractivity contribution < 1.29 is 5.11 Å². The van der Waals surface area contributed by atoms with Crippen LogP contribution in [0.1, 0.15) is 97.8 Å². The van der Waals surface area contributed by atoms with Gasteiger partial charge in [0.15, 0.2) is 0 Å². The Morgan fingerprint density at radius 1 is 0.870 bits per heavy atom. The normalized spacial score (nSPS) is 55.8. The molecule has 4 rings (SSSR count). The van der Waals surface area contributed by atoms with Gasteiger partial charge < -0.3 is 5.11 Å². The van der Waals surface area contributed by atoms with Gasteiger partial charge in [0.25, 0.3) is 0 Å². The average molecular weight is 319 g/mol. The molecule has 4 aliphatic carbocycles. The number of hydrogen-bond donors (Lipinski definition) is 1. The van der Waals surface area contributed by atoms with Crippen LogP contribution in [0.4, 0.5) is 0 Å². The van der Waals surface area contributed by atoms with E-state index in [0.717, 1.165) is 42.9 Å². The molecule has 4 fully saturated rings. The average Bonchev–Trinajstić information content (AvgIpc) is 2.79. The predicted molar refractivity (Wildman–Crippen MR) is 96.2 cm³/mol. The summed E-state index contributed by atoms with van der Waals surface area (Å²) in [6.45, 7) is 7.36. The summed E-state index contributed by atoms with van der Waals surface area (Å²) in [4.78, 5) is 0. The highest BCUT2D eigenvalue weighted by atomic mass is 16.3. The number of fused-ring (bicyclic) bond motifs is 5. The summed E-state index contributed by atoms with van der Waals surface area (Å²) >= 11 is 0. The van der Waals surface area contributed by atoms with E-state index in [1.807, 2.05) is 0 Å². The van der Waals surface area contributed by atoms with Crippen LogP contribution in [0.5, 0.6) is 0 Å². The maximum atomic E-state index is 11.4. The second-order valence-electron chi connectivity index (χ2n) is 10.2. The lowest BCUT2D eigenvalue weighted by Crippen LogP contribution is -2.56. The van der Waals surface area contributed by atoms with Crippen LogP contribution < -0.4 is 0 Å². The summed E-state index contributed by atoms with van der Waals surface area (Å²) in [5, 5.41) is 11.4. The van der Waals surface area contributed by atoms with Gasteiger partial charge in [0, 0.05) is 0 Å². The summed E-state index contributed by atoms with van der Waals surface area (Å²) in [5.74, 6) is 3.69. The van der Waals surface area contributed by atoms with Crippen LogP contribution in [0.2, 0.25) is 0 Å². The molecule has 0 aromatic rings. The van der Waals surface area contributed by atoms with E-state index in [1.54, 1.807) is 0 Å².